The van der Waals surface area contributed by atoms with Crippen LogP contribution in [0.5, 0.6) is 0 Å². The van der Waals surface area contributed by atoms with Crippen molar-refractivity contribution in [3.8, 4) is 0 Å². The molecule has 0 bridgehead atoms. The van der Waals surface area contributed by atoms with Crippen LogP contribution >= 0.6 is 15.9 Å². The molecule has 1 atom stereocenters. The van der Waals surface area contributed by atoms with Gasteiger partial charge in [0.1, 0.15) is 0 Å². The Balaban J connectivity index is 2.63. The van der Waals surface area contributed by atoms with Crippen LogP contribution in [0, 0.1) is 6.92 Å². The lowest BCUT2D eigenvalue weighted by Gasteiger charge is -2.04. The van der Waals surface area contributed by atoms with Gasteiger partial charge in [0.2, 0.25) is 0 Å². The Morgan fingerprint density at radius 2 is 2.23 bits per heavy atom. The number of carbonyl (C=O) groups excluding carboxylic acids is 1. The van der Waals surface area contributed by atoms with Crippen LogP contribution in [0.1, 0.15) is 17.2 Å². The summed E-state index contributed by atoms with van der Waals surface area (Å²) in [5.74, 6) is -0.351. The zero-order chi connectivity index (χ0) is 9.59. The normalized spacial score (nSPS) is 19.9. The number of aliphatic hydroxyl groups is 1. The van der Waals surface area contributed by atoms with E-state index < -0.39 is 6.10 Å². The Hall–Kier alpha value is -0.870. The molecular formula is C9H8BrNO2. The van der Waals surface area contributed by atoms with Gasteiger partial charge in [-0.05, 0) is 24.6 Å². The predicted molar refractivity (Wildman–Crippen MR) is 52.5 cm³/mol. The lowest BCUT2D eigenvalue weighted by atomic mass is 10.1. The number of anilines is 1. The molecular weight excluding hydrogens is 234 g/mol. The van der Waals surface area contributed by atoms with Crippen molar-refractivity contribution in [3.63, 3.8) is 0 Å². The maximum atomic E-state index is 11.1. The number of benzene rings is 1. The fourth-order valence-electron chi connectivity index (χ4n) is 1.49. The molecule has 1 aromatic carbocycles. The number of amides is 1. The van der Waals surface area contributed by atoms with Crippen molar-refractivity contribution in [2.24, 2.45) is 0 Å². The van der Waals surface area contributed by atoms with Crippen LogP contribution in [0.3, 0.4) is 0 Å². The summed E-state index contributed by atoms with van der Waals surface area (Å²) < 4.78 is 0.874. The van der Waals surface area contributed by atoms with Crippen LogP contribution in [0.25, 0.3) is 0 Å². The molecule has 0 aromatic heterocycles. The molecule has 0 aliphatic carbocycles. The summed E-state index contributed by atoms with van der Waals surface area (Å²) in [5.41, 5.74) is 2.34. The van der Waals surface area contributed by atoms with Crippen LogP contribution in [-0.2, 0) is 4.79 Å². The lowest BCUT2D eigenvalue weighted by molar-refractivity contribution is -0.123. The lowest BCUT2D eigenvalue weighted by Crippen LogP contribution is -2.10. The van der Waals surface area contributed by atoms with E-state index in [1.54, 1.807) is 6.07 Å². The van der Waals surface area contributed by atoms with Gasteiger partial charge in [0, 0.05) is 10.0 Å². The summed E-state index contributed by atoms with van der Waals surface area (Å²) >= 11 is 3.31. The molecule has 0 saturated carbocycles. The van der Waals surface area contributed by atoms with Gasteiger partial charge in [-0.1, -0.05) is 15.9 Å². The molecule has 0 radical (unpaired) electrons. The third-order valence-electron chi connectivity index (χ3n) is 2.12. The van der Waals surface area contributed by atoms with Crippen LogP contribution in [-0.4, -0.2) is 11.0 Å². The average Bonchev–Trinajstić information content (AvgIpc) is 2.32. The van der Waals surface area contributed by atoms with E-state index in [2.05, 4.69) is 21.2 Å². The Kier molecular flexibility index (Phi) is 1.89. The van der Waals surface area contributed by atoms with Crippen molar-refractivity contribution >= 4 is 27.5 Å². The molecule has 3 nitrogen and oxygen atoms in total. The molecule has 2 N–H and O–H groups in total. The molecule has 2 rings (SSSR count). The molecule has 0 saturated heterocycles. The average molecular weight is 242 g/mol. The summed E-state index contributed by atoms with van der Waals surface area (Å²) in [6.07, 6.45) is -1.02. The van der Waals surface area contributed by atoms with Gasteiger partial charge in [0.15, 0.2) is 6.10 Å². The Labute approximate surface area is 83.9 Å². The minimum absolute atomic E-state index is 0.351. The number of hydrogen-bond donors (Lipinski definition) is 2. The third kappa shape index (κ3) is 1.26. The number of aryl methyl sites for hydroxylation is 1. The molecule has 1 amide bonds. The number of nitrogens with one attached hydrogen (secondary N) is 1. The second-order valence-electron chi connectivity index (χ2n) is 3.08. The Morgan fingerprint density at radius 1 is 1.54 bits per heavy atom. The van der Waals surface area contributed by atoms with Gasteiger partial charge < -0.3 is 10.4 Å². The quantitative estimate of drug-likeness (QED) is 0.728. The van der Waals surface area contributed by atoms with Crippen LogP contribution in [0.15, 0.2) is 16.6 Å². The summed E-state index contributed by atoms with van der Waals surface area (Å²) in [6.45, 7) is 1.89. The van der Waals surface area contributed by atoms with E-state index in [1.165, 1.54) is 0 Å². The first-order valence-corrected chi connectivity index (χ1v) is 4.68. The Bertz CT molecular complexity index is 389. The summed E-state index contributed by atoms with van der Waals surface area (Å²) in [7, 11) is 0. The highest BCUT2D eigenvalue weighted by Crippen LogP contribution is 2.35. The van der Waals surface area contributed by atoms with Crippen LogP contribution in [0.4, 0.5) is 5.69 Å². The fraction of sp³-hybridized carbons (Fsp3) is 0.222. The van der Waals surface area contributed by atoms with Gasteiger partial charge in [-0.15, -0.1) is 0 Å². The highest BCUT2D eigenvalue weighted by Gasteiger charge is 2.29. The first-order chi connectivity index (χ1) is 6.09. The van der Waals surface area contributed by atoms with Gasteiger partial charge >= 0.3 is 0 Å². The van der Waals surface area contributed by atoms with Crippen molar-refractivity contribution in [2.75, 3.05) is 5.32 Å². The van der Waals surface area contributed by atoms with E-state index in [4.69, 9.17) is 0 Å². The zero-order valence-corrected chi connectivity index (χ0v) is 8.55. The van der Waals surface area contributed by atoms with E-state index in [0.29, 0.717) is 5.56 Å². The minimum atomic E-state index is -1.02. The topological polar surface area (TPSA) is 49.3 Å². The van der Waals surface area contributed by atoms with Gasteiger partial charge in [-0.3, -0.25) is 4.79 Å². The number of fused-ring (bicyclic) bond motifs is 1. The molecule has 0 fully saturated rings. The van der Waals surface area contributed by atoms with Crippen LogP contribution in [0.2, 0.25) is 0 Å². The molecule has 1 heterocycles. The van der Waals surface area contributed by atoms with Crippen molar-refractivity contribution in [1.29, 1.82) is 0 Å². The number of halogens is 1. The molecule has 1 aromatic rings. The standard InChI is InChI=1S/C9H8BrNO2/c1-4-2-5(10)3-6-7(4)11-9(13)8(6)12/h2-3,8,12H,1H3,(H,11,13). The summed E-state index contributed by atoms with van der Waals surface area (Å²) in [6, 6.07) is 3.65. The molecule has 1 unspecified atom stereocenters. The maximum absolute atomic E-state index is 11.1. The molecule has 4 heteroatoms. The first kappa shape index (κ1) is 8.72. The van der Waals surface area contributed by atoms with E-state index >= 15 is 0 Å². The fourth-order valence-corrected chi connectivity index (χ4v) is 2.08. The second kappa shape index (κ2) is 2.82. The van der Waals surface area contributed by atoms with E-state index in [1.807, 2.05) is 13.0 Å². The highest BCUT2D eigenvalue weighted by atomic mass is 79.9. The van der Waals surface area contributed by atoms with Gasteiger partial charge in [0.05, 0.1) is 5.69 Å². The summed E-state index contributed by atoms with van der Waals surface area (Å²) in [4.78, 5) is 11.1. The number of carbonyl (C=O) groups is 1. The van der Waals surface area contributed by atoms with Crippen LogP contribution < -0.4 is 5.32 Å². The van der Waals surface area contributed by atoms with Crippen molar-refractivity contribution < 1.29 is 9.90 Å². The van der Waals surface area contributed by atoms with Gasteiger partial charge in [0.25, 0.3) is 5.91 Å². The molecule has 13 heavy (non-hydrogen) atoms. The van der Waals surface area contributed by atoms with Crippen molar-refractivity contribution in [1.82, 2.24) is 0 Å². The molecule has 0 spiro atoms. The predicted octanol–water partition coefficient (Wildman–Crippen LogP) is 1.74. The second-order valence-corrected chi connectivity index (χ2v) is 3.99. The number of hydrogen-bond acceptors (Lipinski definition) is 2. The third-order valence-corrected chi connectivity index (χ3v) is 2.58. The van der Waals surface area contributed by atoms with Crippen molar-refractivity contribution in [2.45, 2.75) is 13.0 Å². The highest BCUT2D eigenvalue weighted by molar-refractivity contribution is 9.10. The zero-order valence-electron chi connectivity index (χ0n) is 6.97. The van der Waals surface area contributed by atoms with Gasteiger partial charge in [-0.2, -0.15) is 0 Å². The van der Waals surface area contributed by atoms with E-state index in [9.17, 15) is 9.90 Å². The van der Waals surface area contributed by atoms with E-state index in [-0.39, 0.29) is 5.91 Å². The number of aliphatic hydroxyl groups excluding tert-OH is 1. The van der Waals surface area contributed by atoms with Crippen molar-refractivity contribution in [3.05, 3.63) is 27.7 Å². The molecule has 1 aliphatic rings. The summed E-state index contributed by atoms with van der Waals surface area (Å²) in [5, 5.41) is 12.1. The monoisotopic (exact) mass is 241 g/mol. The first-order valence-electron chi connectivity index (χ1n) is 3.88. The Morgan fingerprint density at radius 3 is 2.92 bits per heavy atom. The molecule has 1 aliphatic heterocycles. The van der Waals surface area contributed by atoms with E-state index in [0.717, 1.165) is 15.7 Å². The SMILES string of the molecule is Cc1cc(Br)cc2c1NC(=O)C2O. The molecule has 68 valence electrons. The smallest absolute Gasteiger partial charge is 0.257 e. The largest absolute Gasteiger partial charge is 0.378 e. The number of rotatable bonds is 0. The maximum Gasteiger partial charge on any atom is 0.257 e. The minimum Gasteiger partial charge on any atom is -0.378 e. The van der Waals surface area contributed by atoms with Gasteiger partial charge in [-0.25, -0.2) is 0 Å².